The summed E-state index contributed by atoms with van der Waals surface area (Å²) in [5.74, 6) is 0.688. The van der Waals surface area contributed by atoms with E-state index >= 15 is 0 Å². The predicted molar refractivity (Wildman–Crippen MR) is 76.0 cm³/mol. The number of nitrogens with one attached hydrogen (secondary N) is 1. The van der Waals surface area contributed by atoms with Crippen molar-refractivity contribution in [3.63, 3.8) is 0 Å². The number of ether oxygens (including phenoxy) is 1. The lowest BCUT2D eigenvalue weighted by atomic mass is 9.88. The van der Waals surface area contributed by atoms with Crippen LogP contribution in [0, 0.1) is 5.41 Å². The first kappa shape index (κ1) is 14.6. The predicted octanol–water partition coefficient (Wildman–Crippen LogP) is 2.49. The number of aliphatic hydroxyl groups excluding tert-OH is 1. The highest BCUT2D eigenvalue weighted by Gasteiger charge is 2.17. The highest BCUT2D eigenvalue weighted by atomic mass is 16.5. The number of benzene rings is 1. The van der Waals surface area contributed by atoms with E-state index < -0.39 is 0 Å². The molecule has 0 saturated carbocycles. The molecule has 1 aromatic carbocycles. The van der Waals surface area contributed by atoms with Crippen molar-refractivity contribution in [3.05, 3.63) is 18.2 Å². The maximum Gasteiger partial charge on any atom is 0.143 e. The van der Waals surface area contributed by atoms with E-state index in [-0.39, 0.29) is 12.0 Å². The molecule has 18 heavy (non-hydrogen) atoms. The van der Waals surface area contributed by atoms with Crippen molar-refractivity contribution in [1.29, 1.82) is 0 Å². The third-order valence-electron chi connectivity index (χ3n) is 3.02. The second-order valence-electron chi connectivity index (χ2n) is 5.30. The van der Waals surface area contributed by atoms with Crippen LogP contribution in [0.5, 0.6) is 5.75 Å². The maximum atomic E-state index is 8.86. The van der Waals surface area contributed by atoms with Crippen LogP contribution in [0.1, 0.15) is 26.7 Å². The first-order valence-corrected chi connectivity index (χ1v) is 6.27. The van der Waals surface area contributed by atoms with Gasteiger partial charge in [0.1, 0.15) is 5.75 Å². The molecule has 0 spiro atoms. The lowest BCUT2D eigenvalue weighted by Gasteiger charge is -2.25. The Kier molecular flexibility index (Phi) is 5.28. The van der Waals surface area contributed by atoms with E-state index in [0.29, 0.717) is 11.4 Å². The molecule has 0 aromatic heterocycles. The molecule has 102 valence electrons. The minimum atomic E-state index is 0.150. The molecule has 0 aliphatic heterocycles. The fourth-order valence-electron chi connectivity index (χ4n) is 1.81. The van der Waals surface area contributed by atoms with Gasteiger partial charge in [0.05, 0.1) is 12.8 Å². The average Bonchev–Trinajstić information content (AvgIpc) is 2.35. The Balaban J connectivity index is 2.57. The van der Waals surface area contributed by atoms with E-state index in [2.05, 4.69) is 19.2 Å². The molecule has 4 heteroatoms. The van der Waals surface area contributed by atoms with E-state index in [1.807, 2.05) is 18.2 Å². The summed E-state index contributed by atoms with van der Waals surface area (Å²) in [4.78, 5) is 0. The highest BCUT2D eigenvalue weighted by molar-refractivity contribution is 5.61. The Morgan fingerprint density at radius 1 is 1.39 bits per heavy atom. The molecule has 0 heterocycles. The van der Waals surface area contributed by atoms with Gasteiger partial charge in [0.25, 0.3) is 0 Å². The van der Waals surface area contributed by atoms with Gasteiger partial charge in [-0.3, -0.25) is 0 Å². The molecule has 0 aliphatic rings. The summed E-state index contributed by atoms with van der Waals surface area (Å²) in [6, 6.07) is 5.68. The van der Waals surface area contributed by atoms with E-state index in [4.69, 9.17) is 15.6 Å². The Labute approximate surface area is 109 Å². The molecule has 4 nitrogen and oxygen atoms in total. The Morgan fingerprint density at radius 2 is 2.11 bits per heavy atom. The first-order valence-electron chi connectivity index (χ1n) is 6.27. The van der Waals surface area contributed by atoms with Crippen LogP contribution in [0.2, 0.25) is 0 Å². The van der Waals surface area contributed by atoms with Gasteiger partial charge >= 0.3 is 0 Å². The van der Waals surface area contributed by atoms with Crippen molar-refractivity contribution < 1.29 is 9.84 Å². The SMILES string of the molecule is COc1cc(NCC(C)(C)CCCO)ccc1N. The van der Waals surface area contributed by atoms with Crippen LogP contribution >= 0.6 is 0 Å². The summed E-state index contributed by atoms with van der Waals surface area (Å²) in [5.41, 5.74) is 7.56. The molecular weight excluding hydrogens is 228 g/mol. The zero-order valence-corrected chi connectivity index (χ0v) is 11.5. The molecule has 0 unspecified atom stereocenters. The molecule has 1 rings (SSSR count). The fraction of sp³-hybridized carbons (Fsp3) is 0.571. The van der Waals surface area contributed by atoms with Gasteiger partial charge in [0.15, 0.2) is 0 Å². The number of anilines is 2. The summed E-state index contributed by atoms with van der Waals surface area (Å²) in [6.07, 6.45) is 1.82. The van der Waals surface area contributed by atoms with Crippen molar-refractivity contribution in [3.8, 4) is 5.75 Å². The molecular formula is C14H24N2O2. The number of rotatable bonds is 7. The standard InChI is InChI=1S/C14H24N2O2/c1-14(2,7-4-8-17)10-16-11-5-6-12(15)13(9-11)18-3/h5-6,9,16-17H,4,7-8,10,15H2,1-3H3. The summed E-state index contributed by atoms with van der Waals surface area (Å²) in [6.45, 7) is 5.47. The van der Waals surface area contributed by atoms with Crippen LogP contribution < -0.4 is 15.8 Å². The number of nitrogens with two attached hydrogens (primary N) is 1. The van der Waals surface area contributed by atoms with Crippen molar-refractivity contribution in [2.24, 2.45) is 5.41 Å². The number of methoxy groups -OCH3 is 1. The zero-order valence-electron chi connectivity index (χ0n) is 11.5. The van der Waals surface area contributed by atoms with Crippen molar-refractivity contribution in [2.45, 2.75) is 26.7 Å². The van der Waals surface area contributed by atoms with Crippen LogP contribution in [0.15, 0.2) is 18.2 Å². The first-order chi connectivity index (χ1) is 8.48. The van der Waals surface area contributed by atoms with Gasteiger partial charge < -0.3 is 20.9 Å². The van der Waals surface area contributed by atoms with Gasteiger partial charge in [-0.05, 0) is 30.4 Å². The van der Waals surface area contributed by atoms with Crippen molar-refractivity contribution in [1.82, 2.24) is 0 Å². The Bertz CT molecular complexity index is 378. The second-order valence-corrected chi connectivity index (χ2v) is 5.30. The molecule has 0 aliphatic carbocycles. The Morgan fingerprint density at radius 3 is 2.72 bits per heavy atom. The monoisotopic (exact) mass is 252 g/mol. The largest absolute Gasteiger partial charge is 0.495 e. The molecule has 0 atom stereocenters. The normalized spacial score (nSPS) is 11.3. The molecule has 4 N–H and O–H groups in total. The van der Waals surface area contributed by atoms with E-state index in [0.717, 1.165) is 25.1 Å². The number of nitrogen functional groups attached to an aromatic ring is 1. The highest BCUT2D eigenvalue weighted by Crippen LogP contribution is 2.27. The molecule has 0 amide bonds. The molecule has 0 radical (unpaired) electrons. The van der Waals surface area contributed by atoms with Crippen molar-refractivity contribution in [2.75, 3.05) is 31.3 Å². The third kappa shape index (κ3) is 4.45. The summed E-state index contributed by atoms with van der Waals surface area (Å²) < 4.78 is 5.18. The molecule has 0 saturated heterocycles. The second kappa shape index (κ2) is 6.50. The summed E-state index contributed by atoms with van der Waals surface area (Å²) in [7, 11) is 1.61. The van der Waals surface area contributed by atoms with Gasteiger partial charge in [-0.15, -0.1) is 0 Å². The van der Waals surface area contributed by atoms with Crippen LogP contribution in [0.3, 0.4) is 0 Å². The lowest BCUT2D eigenvalue weighted by Crippen LogP contribution is -2.23. The lowest BCUT2D eigenvalue weighted by molar-refractivity contribution is 0.248. The van der Waals surface area contributed by atoms with E-state index in [1.54, 1.807) is 7.11 Å². The maximum absolute atomic E-state index is 8.86. The average molecular weight is 252 g/mol. The van der Waals surface area contributed by atoms with E-state index in [9.17, 15) is 0 Å². The van der Waals surface area contributed by atoms with E-state index in [1.165, 1.54) is 0 Å². The fourth-order valence-corrected chi connectivity index (χ4v) is 1.81. The van der Waals surface area contributed by atoms with Crippen LogP contribution in [0.25, 0.3) is 0 Å². The molecule has 0 fully saturated rings. The van der Waals surface area contributed by atoms with Crippen LogP contribution in [0.4, 0.5) is 11.4 Å². The Hall–Kier alpha value is -1.42. The van der Waals surface area contributed by atoms with Gasteiger partial charge in [0, 0.05) is 24.9 Å². The third-order valence-corrected chi connectivity index (χ3v) is 3.02. The summed E-state index contributed by atoms with van der Waals surface area (Å²) in [5, 5.41) is 12.2. The van der Waals surface area contributed by atoms with Gasteiger partial charge in [0.2, 0.25) is 0 Å². The number of aliphatic hydroxyl groups is 1. The topological polar surface area (TPSA) is 67.5 Å². The van der Waals surface area contributed by atoms with Gasteiger partial charge in [-0.25, -0.2) is 0 Å². The minimum absolute atomic E-state index is 0.150. The summed E-state index contributed by atoms with van der Waals surface area (Å²) >= 11 is 0. The van der Waals surface area contributed by atoms with Crippen LogP contribution in [-0.2, 0) is 0 Å². The smallest absolute Gasteiger partial charge is 0.143 e. The molecule has 1 aromatic rings. The van der Waals surface area contributed by atoms with Gasteiger partial charge in [-0.2, -0.15) is 0 Å². The number of hydrogen-bond acceptors (Lipinski definition) is 4. The van der Waals surface area contributed by atoms with Gasteiger partial charge in [-0.1, -0.05) is 13.8 Å². The molecule has 0 bridgehead atoms. The minimum Gasteiger partial charge on any atom is -0.495 e. The quantitative estimate of drug-likeness (QED) is 0.652. The van der Waals surface area contributed by atoms with Crippen LogP contribution in [-0.4, -0.2) is 25.4 Å². The number of hydrogen-bond donors (Lipinski definition) is 3. The zero-order chi connectivity index (χ0) is 13.6. The van der Waals surface area contributed by atoms with Crippen molar-refractivity contribution >= 4 is 11.4 Å².